The lowest BCUT2D eigenvalue weighted by Gasteiger charge is -2.05. The highest BCUT2D eigenvalue weighted by Gasteiger charge is 2.18. The van der Waals surface area contributed by atoms with Gasteiger partial charge in [-0.05, 0) is 23.6 Å². The lowest BCUT2D eigenvalue weighted by molar-refractivity contribution is 0.0999. The Bertz CT molecular complexity index is 1360. The van der Waals surface area contributed by atoms with Crippen molar-refractivity contribution in [1.29, 1.82) is 0 Å². The maximum absolute atomic E-state index is 12.8. The van der Waals surface area contributed by atoms with Crippen molar-refractivity contribution in [2.45, 2.75) is 12.8 Å². The van der Waals surface area contributed by atoms with E-state index in [1.165, 1.54) is 0 Å². The number of Topliss-reactive ketones (excluding diaryl/α,β-unsaturated/α-hetero) is 1. The van der Waals surface area contributed by atoms with Gasteiger partial charge < -0.3 is 4.98 Å². The minimum atomic E-state index is -0.370. The van der Waals surface area contributed by atoms with Crippen LogP contribution in [0.15, 0.2) is 72.0 Å². The number of aromatic nitrogens is 3. The van der Waals surface area contributed by atoms with Crippen molar-refractivity contribution in [3.05, 3.63) is 78.3 Å². The molecule has 0 spiro atoms. The molecule has 0 atom stereocenters. The number of anilines is 1. The van der Waals surface area contributed by atoms with E-state index in [0.717, 1.165) is 16.5 Å². The molecular weight excluding hydrogens is 378 g/mol. The van der Waals surface area contributed by atoms with Crippen molar-refractivity contribution in [3.63, 3.8) is 0 Å². The van der Waals surface area contributed by atoms with E-state index >= 15 is 0 Å². The number of nitrogens with one attached hydrogen (secondary N) is 2. The summed E-state index contributed by atoms with van der Waals surface area (Å²) in [6, 6.07) is 14.8. The van der Waals surface area contributed by atoms with Crippen molar-refractivity contribution in [2.75, 3.05) is 5.32 Å². The van der Waals surface area contributed by atoms with Crippen molar-refractivity contribution in [2.24, 2.45) is 4.99 Å². The summed E-state index contributed by atoms with van der Waals surface area (Å²) < 4.78 is 0. The number of ketones is 1. The zero-order chi connectivity index (χ0) is 20.5. The van der Waals surface area contributed by atoms with Crippen LogP contribution in [-0.2, 0) is 0 Å². The van der Waals surface area contributed by atoms with Crippen LogP contribution in [0.5, 0.6) is 0 Å². The van der Waals surface area contributed by atoms with Crippen LogP contribution in [0.1, 0.15) is 33.7 Å². The van der Waals surface area contributed by atoms with Gasteiger partial charge in [0.25, 0.3) is 5.91 Å². The van der Waals surface area contributed by atoms with Crippen LogP contribution in [0.3, 0.4) is 0 Å². The van der Waals surface area contributed by atoms with Crippen molar-refractivity contribution >= 4 is 45.2 Å². The molecule has 5 rings (SSSR count). The van der Waals surface area contributed by atoms with E-state index in [4.69, 9.17) is 0 Å². The predicted molar refractivity (Wildman–Crippen MR) is 116 cm³/mol. The first kappa shape index (κ1) is 17.9. The number of rotatable bonds is 5. The van der Waals surface area contributed by atoms with Gasteiger partial charge in [-0.1, -0.05) is 36.4 Å². The Morgan fingerprint density at radius 3 is 2.83 bits per heavy atom. The number of nitrogens with zero attached hydrogens (tertiary/aromatic N) is 3. The SMILES string of the molecule is O=C(Nc1nc2c(C(=O)CC3=NC=CC3)cccc2[nH]1)c1nccc2ccccc12. The number of fused-ring (bicyclic) bond motifs is 2. The largest absolute Gasteiger partial charge is 0.324 e. The third-order valence-corrected chi connectivity index (χ3v) is 5.01. The van der Waals surface area contributed by atoms with Crippen LogP contribution in [0.4, 0.5) is 5.95 Å². The number of hydrogen-bond donors (Lipinski definition) is 2. The average molecular weight is 395 g/mol. The van der Waals surface area contributed by atoms with Crippen LogP contribution in [0.2, 0.25) is 0 Å². The van der Waals surface area contributed by atoms with E-state index in [1.54, 1.807) is 24.5 Å². The minimum absolute atomic E-state index is 0.0526. The Kier molecular flexibility index (Phi) is 4.40. The van der Waals surface area contributed by atoms with Gasteiger partial charge in [-0.2, -0.15) is 0 Å². The molecule has 0 saturated carbocycles. The maximum atomic E-state index is 12.8. The molecule has 0 unspecified atom stereocenters. The van der Waals surface area contributed by atoms with E-state index in [2.05, 4.69) is 25.3 Å². The lowest BCUT2D eigenvalue weighted by Crippen LogP contribution is -2.15. The van der Waals surface area contributed by atoms with Gasteiger partial charge >= 0.3 is 0 Å². The Morgan fingerprint density at radius 1 is 1.07 bits per heavy atom. The summed E-state index contributed by atoms with van der Waals surface area (Å²) >= 11 is 0. The van der Waals surface area contributed by atoms with E-state index in [1.807, 2.05) is 42.5 Å². The molecule has 3 heterocycles. The number of benzene rings is 2. The molecule has 1 aliphatic heterocycles. The second-order valence-corrected chi connectivity index (χ2v) is 7.01. The number of aromatic amines is 1. The highest BCUT2D eigenvalue weighted by Crippen LogP contribution is 2.22. The number of carbonyl (C=O) groups is 2. The van der Waals surface area contributed by atoms with Gasteiger partial charge in [-0.25, -0.2) is 4.98 Å². The molecule has 1 amide bonds. The van der Waals surface area contributed by atoms with E-state index in [0.29, 0.717) is 28.7 Å². The minimum Gasteiger partial charge on any atom is -0.324 e. The number of allylic oxidation sites excluding steroid dienone is 1. The number of pyridine rings is 1. The molecule has 1 aliphatic rings. The molecule has 30 heavy (non-hydrogen) atoms. The summed E-state index contributed by atoms with van der Waals surface area (Å²) in [6.45, 7) is 0. The summed E-state index contributed by atoms with van der Waals surface area (Å²) in [5.74, 6) is -0.155. The number of imidazole rings is 1. The lowest BCUT2D eigenvalue weighted by atomic mass is 10.0. The standard InChI is InChI=1S/C23H17N5O2/c29-19(13-15-6-4-11-24-15)17-8-3-9-18-20(17)27-23(26-18)28-22(30)21-16-7-2-1-5-14(16)10-12-25-21/h1-5,7-12H,6,13H2,(H2,26,27,28,30). The number of para-hydroxylation sites is 1. The number of amides is 1. The fourth-order valence-electron chi connectivity index (χ4n) is 3.58. The molecule has 2 N–H and O–H groups in total. The third kappa shape index (κ3) is 3.26. The molecule has 4 aromatic rings. The van der Waals surface area contributed by atoms with E-state index in [9.17, 15) is 9.59 Å². The zero-order valence-electron chi connectivity index (χ0n) is 15.9. The molecule has 0 aliphatic carbocycles. The Labute approximate surface area is 171 Å². The number of carbonyl (C=O) groups excluding carboxylic acids is 2. The summed E-state index contributed by atoms with van der Waals surface area (Å²) in [6.07, 6.45) is 6.19. The topological polar surface area (TPSA) is 100 Å². The number of H-pyrrole nitrogens is 1. The summed E-state index contributed by atoms with van der Waals surface area (Å²) in [4.78, 5) is 41.6. The molecular formula is C23H17N5O2. The average Bonchev–Trinajstić information content (AvgIpc) is 3.42. The molecule has 2 aromatic heterocycles. The first-order valence-electron chi connectivity index (χ1n) is 9.56. The summed E-state index contributed by atoms with van der Waals surface area (Å²) in [5.41, 5.74) is 2.85. The van der Waals surface area contributed by atoms with Gasteiger partial charge in [0.15, 0.2) is 5.78 Å². The molecule has 0 radical (unpaired) electrons. The first-order valence-corrected chi connectivity index (χ1v) is 9.56. The third-order valence-electron chi connectivity index (χ3n) is 5.01. The molecule has 2 aromatic carbocycles. The fraction of sp³-hybridized carbons (Fsp3) is 0.0870. The second-order valence-electron chi connectivity index (χ2n) is 7.01. The van der Waals surface area contributed by atoms with Crippen LogP contribution < -0.4 is 5.32 Å². The monoisotopic (exact) mass is 395 g/mol. The van der Waals surface area contributed by atoms with Gasteiger partial charge in [0, 0.05) is 41.9 Å². The molecule has 146 valence electrons. The summed E-state index contributed by atoms with van der Waals surface area (Å²) in [7, 11) is 0. The summed E-state index contributed by atoms with van der Waals surface area (Å²) in [5, 5.41) is 4.46. The Morgan fingerprint density at radius 2 is 1.97 bits per heavy atom. The van der Waals surface area contributed by atoms with Crippen molar-refractivity contribution < 1.29 is 9.59 Å². The highest BCUT2D eigenvalue weighted by atomic mass is 16.2. The van der Waals surface area contributed by atoms with Crippen LogP contribution in [0.25, 0.3) is 21.8 Å². The van der Waals surface area contributed by atoms with Gasteiger partial charge in [0.05, 0.1) is 5.52 Å². The Balaban J connectivity index is 1.44. The van der Waals surface area contributed by atoms with Crippen molar-refractivity contribution in [1.82, 2.24) is 15.0 Å². The number of hydrogen-bond acceptors (Lipinski definition) is 5. The van der Waals surface area contributed by atoms with Crippen LogP contribution in [-0.4, -0.2) is 32.4 Å². The van der Waals surface area contributed by atoms with Crippen LogP contribution in [0, 0.1) is 0 Å². The van der Waals surface area contributed by atoms with Gasteiger partial charge in [0.2, 0.25) is 5.95 Å². The smallest absolute Gasteiger partial charge is 0.277 e. The molecule has 7 heteroatoms. The fourth-order valence-corrected chi connectivity index (χ4v) is 3.58. The molecule has 0 bridgehead atoms. The first-order chi connectivity index (χ1) is 14.7. The molecule has 0 saturated heterocycles. The van der Waals surface area contributed by atoms with Gasteiger partial charge in [-0.3, -0.25) is 24.9 Å². The Hall–Kier alpha value is -4.13. The second kappa shape index (κ2) is 7.36. The maximum Gasteiger partial charge on any atom is 0.277 e. The normalized spacial score (nSPS) is 13.0. The van der Waals surface area contributed by atoms with Gasteiger partial charge in [0.1, 0.15) is 11.2 Å². The molecule has 7 nitrogen and oxygen atoms in total. The number of aliphatic imine (C=N–C) groups is 1. The van der Waals surface area contributed by atoms with Crippen molar-refractivity contribution in [3.8, 4) is 0 Å². The van der Waals surface area contributed by atoms with E-state index < -0.39 is 0 Å². The zero-order valence-corrected chi connectivity index (χ0v) is 15.9. The highest BCUT2D eigenvalue weighted by molar-refractivity contribution is 6.16. The van der Waals surface area contributed by atoms with Crippen LogP contribution >= 0.6 is 0 Å². The van der Waals surface area contributed by atoms with E-state index in [-0.39, 0.29) is 24.1 Å². The predicted octanol–water partition coefficient (Wildman–Crippen LogP) is 4.29. The van der Waals surface area contributed by atoms with Gasteiger partial charge in [-0.15, -0.1) is 0 Å². The molecule has 0 fully saturated rings. The quantitative estimate of drug-likeness (QED) is 0.492.